The fourth-order valence-electron chi connectivity index (χ4n) is 2.23. The predicted octanol–water partition coefficient (Wildman–Crippen LogP) is 2.09. The summed E-state index contributed by atoms with van der Waals surface area (Å²) in [5.41, 5.74) is -0.853. The normalized spacial score (nSPS) is 15.5. The Bertz CT molecular complexity index is 461. The average Bonchev–Trinajstić information content (AvgIpc) is 2.96. The Balaban J connectivity index is 0.00000529. The molecular formula is C17H33IN4O2. The Morgan fingerprint density at radius 1 is 1.46 bits per heavy atom. The molecule has 1 rings (SSSR count). The maximum atomic E-state index is 10.4. The van der Waals surface area contributed by atoms with Gasteiger partial charge in [0.05, 0.1) is 18.4 Å². The first-order valence-corrected chi connectivity index (χ1v) is 8.26. The van der Waals surface area contributed by atoms with Gasteiger partial charge in [-0.2, -0.15) is 0 Å². The van der Waals surface area contributed by atoms with Gasteiger partial charge in [-0.1, -0.05) is 6.92 Å². The van der Waals surface area contributed by atoms with Gasteiger partial charge in [-0.05, 0) is 46.5 Å². The number of aliphatic imine (C=N–C) groups is 1. The minimum atomic E-state index is -0.853. The van der Waals surface area contributed by atoms with Crippen LogP contribution in [0.2, 0.25) is 0 Å². The van der Waals surface area contributed by atoms with Crippen LogP contribution in [0.3, 0.4) is 0 Å². The summed E-state index contributed by atoms with van der Waals surface area (Å²) >= 11 is 0. The van der Waals surface area contributed by atoms with Crippen molar-refractivity contribution in [2.45, 2.75) is 45.3 Å². The number of guanidine groups is 1. The third-order valence-corrected chi connectivity index (χ3v) is 3.47. The fourth-order valence-corrected chi connectivity index (χ4v) is 2.23. The number of nitrogens with zero attached hydrogens (tertiary/aromatic N) is 2. The van der Waals surface area contributed by atoms with E-state index in [0.29, 0.717) is 19.1 Å². The number of hydrogen-bond donors (Lipinski definition) is 3. The Morgan fingerprint density at radius 3 is 2.71 bits per heavy atom. The highest BCUT2D eigenvalue weighted by Gasteiger charge is 2.21. The highest BCUT2D eigenvalue weighted by molar-refractivity contribution is 14.0. The average molecular weight is 452 g/mol. The molecule has 0 aliphatic heterocycles. The molecule has 0 spiro atoms. The predicted molar refractivity (Wildman–Crippen MR) is 110 cm³/mol. The van der Waals surface area contributed by atoms with Crippen molar-refractivity contribution in [2.24, 2.45) is 4.99 Å². The van der Waals surface area contributed by atoms with Gasteiger partial charge in [0.25, 0.3) is 0 Å². The molecule has 6 nitrogen and oxygen atoms in total. The van der Waals surface area contributed by atoms with Crippen LogP contribution in [0.5, 0.6) is 0 Å². The molecule has 3 N–H and O–H groups in total. The Hall–Kier alpha value is -0.800. The topological polar surface area (TPSA) is 73.0 Å². The van der Waals surface area contributed by atoms with Gasteiger partial charge in [0.2, 0.25) is 0 Å². The minimum Gasteiger partial charge on any atom is -0.469 e. The number of furan rings is 1. The standard InChI is InChI=1S/C17H32N4O2.HI/c1-6-14(2)20-16(18-10-9-15-8-7-11-23-15)19-12-17(3,22)13-21(4)5;/h7-8,11,14,22H,6,9-10,12-13H2,1-5H3,(H2,18,19,20);1H. The first-order valence-electron chi connectivity index (χ1n) is 8.26. The van der Waals surface area contributed by atoms with E-state index in [1.54, 1.807) is 13.2 Å². The van der Waals surface area contributed by atoms with E-state index >= 15 is 0 Å². The van der Waals surface area contributed by atoms with Gasteiger partial charge < -0.3 is 25.1 Å². The molecule has 1 aromatic rings. The van der Waals surface area contributed by atoms with E-state index in [4.69, 9.17) is 4.42 Å². The van der Waals surface area contributed by atoms with E-state index in [2.05, 4.69) is 29.5 Å². The van der Waals surface area contributed by atoms with Gasteiger partial charge in [-0.25, -0.2) is 0 Å². The summed E-state index contributed by atoms with van der Waals surface area (Å²) in [6, 6.07) is 4.17. The van der Waals surface area contributed by atoms with Crippen LogP contribution >= 0.6 is 24.0 Å². The Kier molecular flexibility index (Phi) is 11.3. The number of rotatable bonds is 9. The van der Waals surface area contributed by atoms with Crippen LogP contribution < -0.4 is 10.6 Å². The lowest BCUT2D eigenvalue weighted by Gasteiger charge is -2.26. The molecule has 0 amide bonds. The van der Waals surface area contributed by atoms with Crippen LogP contribution in [-0.4, -0.2) is 61.3 Å². The van der Waals surface area contributed by atoms with Gasteiger partial charge in [-0.15, -0.1) is 24.0 Å². The van der Waals surface area contributed by atoms with Crippen LogP contribution in [0, 0.1) is 0 Å². The summed E-state index contributed by atoms with van der Waals surface area (Å²) in [5.74, 6) is 1.67. The summed E-state index contributed by atoms with van der Waals surface area (Å²) in [5, 5.41) is 17.0. The third-order valence-electron chi connectivity index (χ3n) is 3.47. The minimum absolute atomic E-state index is 0. The van der Waals surface area contributed by atoms with Gasteiger partial charge in [-0.3, -0.25) is 4.99 Å². The molecule has 0 aromatic carbocycles. The number of nitrogens with one attached hydrogen (secondary N) is 2. The molecule has 0 fully saturated rings. The summed E-state index contributed by atoms with van der Waals surface area (Å²) in [6.45, 7) is 7.69. The van der Waals surface area contributed by atoms with E-state index in [-0.39, 0.29) is 24.0 Å². The number of likely N-dealkylation sites (N-methyl/N-ethyl adjacent to an activating group) is 1. The number of hydrogen-bond acceptors (Lipinski definition) is 4. The molecule has 24 heavy (non-hydrogen) atoms. The molecule has 1 heterocycles. The van der Waals surface area contributed by atoms with E-state index < -0.39 is 5.60 Å². The largest absolute Gasteiger partial charge is 0.469 e. The molecule has 2 unspecified atom stereocenters. The van der Waals surface area contributed by atoms with E-state index in [0.717, 1.165) is 31.1 Å². The van der Waals surface area contributed by atoms with Crippen molar-refractivity contribution in [2.75, 3.05) is 33.7 Å². The molecular weight excluding hydrogens is 419 g/mol. The summed E-state index contributed by atoms with van der Waals surface area (Å²) in [6.07, 6.45) is 3.48. The molecule has 1 aromatic heterocycles. The fraction of sp³-hybridized carbons (Fsp3) is 0.706. The summed E-state index contributed by atoms with van der Waals surface area (Å²) in [7, 11) is 3.89. The van der Waals surface area contributed by atoms with E-state index in [1.165, 1.54) is 0 Å². The SMILES string of the molecule is CCC(C)NC(=NCC(C)(O)CN(C)C)NCCc1ccco1.I. The van der Waals surface area contributed by atoms with Crippen LogP contribution in [0.15, 0.2) is 27.8 Å². The summed E-state index contributed by atoms with van der Waals surface area (Å²) < 4.78 is 5.33. The van der Waals surface area contributed by atoms with Crippen molar-refractivity contribution in [1.82, 2.24) is 15.5 Å². The lowest BCUT2D eigenvalue weighted by molar-refractivity contribution is 0.0423. The zero-order valence-electron chi connectivity index (χ0n) is 15.5. The Labute approximate surface area is 163 Å². The molecule has 0 aliphatic carbocycles. The zero-order valence-corrected chi connectivity index (χ0v) is 17.8. The molecule has 140 valence electrons. The second-order valence-corrected chi connectivity index (χ2v) is 6.61. The Morgan fingerprint density at radius 2 is 2.17 bits per heavy atom. The number of aliphatic hydroxyl groups is 1. The van der Waals surface area contributed by atoms with Crippen LogP contribution in [0.1, 0.15) is 33.0 Å². The first kappa shape index (κ1) is 23.2. The van der Waals surface area contributed by atoms with Crippen molar-refractivity contribution >= 4 is 29.9 Å². The smallest absolute Gasteiger partial charge is 0.191 e. The lowest BCUT2D eigenvalue weighted by atomic mass is 10.1. The van der Waals surface area contributed by atoms with Gasteiger partial charge >= 0.3 is 0 Å². The van der Waals surface area contributed by atoms with Gasteiger partial charge in [0.1, 0.15) is 5.76 Å². The maximum absolute atomic E-state index is 10.4. The van der Waals surface area contributed by atoms with Crippen molar-refractivity contribution in [3.05, 3.63) is 24.2 Å². The van der Waals surface area contributed by atoms with Crippen molar-refractivity contribution in [1.29, 1.82) is 0 Å². The molecule has 2 atom stereocenters. The molecule has 0 saturated heterocycles. The van der Waals surface area contributed by atoms with Crippen molar-refractivity contribution in [3.8, 4) is 0 Å². The van der Waals surface area contributed by atoms with Crippen molar-refractivity contribution in [3.63, 3.8) is 0 Å². The second kappa shape index (κ2) is 11.7. The molecule has 0 bridgehead atoms. The van der Waals surface area contributed by atoms with Crippen LogP contribution in [0.25, 0.3) is 0 Å². The van der Waals surface area contributed by atoms with Crippen molar-refractivity contribution < 1.29 is 9.52 Å². The first-order chi connectivity index (χ1) is 10.8. The highest BCUT2D eigenvalue weighted by atomic mass is 127. The lowest BCUT2D eigenvalue weighted by Crippen LogP contribution is -2.45. The molecule has 0 saturated carbocycles. The van der Waals surface area contributed by atoms with Crippen LogP contribution in [-0.2, 0) is 6.42 Å². The molecule has 0 aliphatic rings. The summed E-state index contributed by atoms with van der Waals surface area (Å²) in [4.78, 5) is 6.50. The quantitative estimate of drug-likeness (QED) is 0.304. The van der Waals surface area contributed by atoms with Gasteiger partial charge in [0, 0.05) is 25.6 Å². The maximum Gasteiger partial charge on any atom is 0.191 e. The third kappa shape index (κ3) is 10.1. The molecule has 0 radical (unpaired) electrons. The highest BCUT2D eigenvalue weighted by Crippen LogP contribution is 2.05. The van der Waals surface area contributed by atoms with E-state index in [9.17, 15) is 5.11 Å². The zero-order chi connectivity index (χ0) is 17.3. The van der Waals surface area contributed by atoms with Gasteiger partial charge in [0.15, 0.2) is 5.96 Å². The monoisotopic (exact) mass is 452 g/mol. The second-order valence-electron chi connectivity index (χ2n) is 6.61. The van der Waals surface area contributed by atoms with E-state index in [1.807, 2.05) is 31.1 Å². The number of halogens is 1. The molecule has 7 heteroatoms. The van der Waals surface area contributed by atoms with Crippen LogP contribution in [0.4, 0.5) is 0 Å².